The Kier molecular flexibility index (Phi) is 2.79. The molecule has 0 aliphatic rings. The van der Waals surface area contributed by atoms with Crippen LogP contribution in [-0.2, 0) is 0 Å². The number of aromatic nitrogens is 4. The number of amides is 1. The molecule has 0 aromatic carbocycles. The summed E-state index contributed by atoms with van der Waals surface area (Å²) in [5.41, 5.74) is 0.591. The third-order valence-electron chi connectivity index (χ3n) is 2.09. The van der Waals surface area contributed by atoms with E-state index in [2.05, 4.69) is 20.6 Å². The molecule has 7 heteroatoms. The van der Waals surface area contributed by atoms with Gasteiger partial charge in [0.2, 0.25) is 0 Å². The van der Waals surface area contributed by atoms with Crippen LogP contribution in [0.4, 0.5) is 0 Å². The molecule has 0 radical (unpaired) electrons. The predicted octanol–water partition coefficient (Wildman–Crippen LogP) is -0.106. The molecule has 0 spiro atoms. The lowest BCUT2D eigenvalue weighted by Crippen LogP contribution is -2.18. The van der Waals surface area contributed by atoms with Crippen LogP contribution in [0.3, 0.4) is 0 Å². The smallest absolute Gasteiger partial charge is 0.271 e. The van der Waals surface area contributed by atoms with Gasteiger partial charge in [0.15, 0.2) is 11.5 Å². The van der Waals surface area contributed by atoms with Crippen LogP contribution in [0.25, 0.3) is 5.82 Å². The lowest BCUT2D eigenvalue weighted by Gasteiger charge is -2.00. The van der Waals surface area contributed by atoms with Crippen molar-refractivity contribution in [2.45, 2.75) is 0 Å². The summed E-state index contributed by atoms with van der Waals surface area (Å²) in [5, 5.41) is 22.9. The maximum absolute atomic E-state index is 11.3. The van der Waals surface area contributed by atoms with Crippen LogP contribution in [-0.4, -0.2) is 32.9 Å². The van der Waals surface area contributed by atoms with E-state index in [4.69, 9.17) is 5.26 Å². The predicted molar refractivity (Wildman–Crippen MR) is 57.3 cm³/mol. The number of rotatable bonds is 2. The van der Waals surface area contributed by atoms with Crippen molar-refractivity contribution in [2.24, 2.45) is 0 Å². The van der Waals surface area contributed by atoms with E-state index in [0.717, 1.165) is 0 Å². The van der Waals surface area contributed by atoms with Gasteiger partial charge in [-0.2, -0.15) is 15.5 Å². The third-order valence-corrected chi connectivity index (χ3v) is 2.09. The second-order valence-electron chi connectivity index (χ2n) is 3.10. The molecule has 0 unspecified atom stereocenters. The average molecular weight is 228 g/mol. The van der Waals surface area contributed by atoms with Gasteiger partial charge in [-0.15, -0.1) is 5.10 Å². The lowest BCUT2D eigenvalue weighted by molar-refractivity contribution is 0.0957. The van der Waals surface area contributed by atoms with E-state index in [1.165, 1.54) is 30.1 Å². The standard InChI is InChI=1S/C10H8N6O/c1-12-10(17)8-3-5-16(15-8)9-7(6-11)2-4-13-14-9/h2-5H,1H3,(H,12,17). The van der Waals surface area contributed by atoms with Crippen LogP contribution in [0.5, 0.6) is 0 Å². The molecule has 1 N–H and O–H groups in total. The summed E-state index contributed by atoms with van der Waals surface area (Å²) in [6.07, 6.45) is 2.97. The van der Waals surface area contributed by atoms with Gasteiger partial charge in [0.25, 0.3) is 5.91 Å². The first-order valence-corrected chi connectivity index (χ1v) is 4.76. The molecule has 0 saturated heterocycles. The number of nitrogens with zero attached hydrogens (tertiary/aromatic N) is 5. The zero-order chi connectivity index (χ0) is 12.3. The second kappa shape index (κ2) is 4.40. The van der Waals surface area contributed by atoms with Crippen molar-refractivity contribution in [1.82, 2.24) is 25.3 Å². The van der Waals surface area contributed by atoms with E-state index >= 15 is 0 Å². The van der Waals surface area contributed by atoms with E-state index < -0.39 is 0 Å². The average Bonchev–Trinajstić information content (AvgIpc) is 2.87. The molecule has 0 aliphatic heterocycles. The van der Waals surface area contributed by atoms with Crippen molar-refractivity contribution < 1.29 is 4.79 Å². The second-order valence-corrected chi connectivity index (χ2v) is 3.10. The molecule has 0 aliphatic carbocycles. The molecule has 17 heavy (non-hydrogen) atoms. The normalized spacial score (nSPS) is 9.65. The van der Waals surface area contributed by atoms with Crippen LogP contribution in [0, 0.1) is 11.3 Å². The van der Waals surface area contributed by atoms with Gasteiger partial charge in [-0.25, -0.2) is 4.68 Å². The largest absolute Gasteiger partial charge is 0.354 e. The SMILES string of the molecule is CNC(=O)c1ccn(-c2nnccc2C#N)n1. The first-order valence-electron chi connectivity index (χ1n) is 4.76. The van der Waals surface area contributed by atoms with Crippen molar-refractivity contribution in [3.63, 3.8) is 0 Å². The molecule has 0 bridgehead atoms. The Bertz CT molecular complexity index is 597. The van der Waals surface area contributed by atoms with Crippen molar-refractivity contribution in [3.05, 3.63) is 35.8 Å². The Hall–Kier alpha value is -2.75. The zero-order valence-electron chi connectivity index (χ0n) is 8.95. The van der Waals surface area contributed by atoms with Gasteiger partial charge < -0.3 is 5.32 Å². The minimum atomic E-state index is -0.300. The van der Waals surface area contributed by atoms with Crippen LogP contribution >= 0.6 is 0 Å². The Morgan fingerprint density at radius 3 is 3.06 bits per heavy atom. The van der Waals surface area contributed by atoms with Crippen LogP contribution in [0.15, 0.2) is 24.5 Å². The van der Waals surface area contributed by atoms with Gasteiger partial charge in [-0.3, -0.25) is 4.79 Å². The molecule has 2 heterocycles. The van der Waals surface area contributed by atoms with Crippen molar-refractivity contribution in [1.29, 1.82) is 5.26 Å². The topological polar surface area (TPSA) is 96.5 Å². The molecular weight excluding hydrogens is 220 g/mol. The number of nitriles is 1. The quantitative estimate of drug-likeness (QED) is 0.773. The Morgan fingerprint density at radius 1 is 1.53 bits per heavy atom. The Labute approximate surface area is 96.7 Å². The van der Waals surface area contributed by atoms with Crippen molar-refractivity contribution >= 4 is 5.91 Å². The van der Waals surface area contributed by atoms with Gasteiger partial charge in [-0.1, -0.05) is 0 Å². The van der Waals surface area contributed by atoms with E-state index in [9.17, 15) is 4.79 Å². The molecule has 0 fully saturated rings. The van der Waals surface area contributed by atoms with E-state index in [1.807, 2.05) is 6.07 Å². The summed E-state index contributed by atoms with van der Waals surface area (Å²) in [7, 11) is 1.52. The fourth-order valence-electron chi connectivity index (χ4n) is 1.27. The van der Waals surface area contributed by atoms with Crippen molar-refractivity contribution in [2.75, 3.05) is 7.05 Å². The monoisotopic (exact) mass is 228 g/mol. The highest BCUT2D eigenvalue weighted by atomic mass is 16.1. The summed E-state index contributed by atoms with van der Waals surface area (Å²) in [6, 6.07) is 5.05. The van der Waals surface area contributed by atoms with Gasteiger partial charge in [0, 0.05) is 13.2 Å². The number of carbonyl (C=O) groups is 1. The van der Waals surface area contributed by atoms with Crippen LogP contribution in [0.2, 0.25) is 0 Å². The fourth-order valence-corrected chi connectivity index (χ4v) is 1.27. The van der Waals surface area contributed by atoms with E-state index in [-0.39, 0.29) is 11.6 Å². The maximum atomic E-state index is 11.3. The third kappa shape index (κ3) is 1.96. The summed E-state index contributed by atoms with van der Waals surface area (Å²) in [4.78, 5) is 11.3. The molecule has 0 atom stereocenters. The number of hydrogen-bond acceptors (Lipinski definition) is 5. The molecule has 7 nitrogen and oxygen atoms in total. The van der Waals surface area contributed by atoms with Crippen LogP contribution < -0.4 is 5.32 Å². The minimum absolute atomic E-state index is 0.252. The Morgan fingerprint density at radius 2 is 2.35 bits per heavy atom. The molecule has 1 amide bonds. The highest BCUT2D eigenvalue weighted by Gasteiger charge is 2.11. The minimum Gasteiger partial charge on any atom is -0.354 e. The number of nitrogens with one attached hydrogen (secondary N) is 1. The first-order chi connectivity index (χ1) is 8.26. The maximum Gasteiger partial charge on any atom is 0.271 e. The zero-order valence-corrected chi connectivity index (χ0v) is 8.95. The summed E-state index contributed by atoms with van der Waals surface area (Å²) in [6.45, 7) is 0. The van der Waals surface area contributed by atoms with Gasteiger partial charge in [0.05, 0.1) is 6.20 Å². The first kappa shape index (κ1) is 10.8. The van der Waals surface area contributed by atoms with Crippen LogP contribution in [0.1, 0.15) is 16.1 Å². The molecule has 84 valence electrons. The molecule has 2 aromatic heterocycles. The molecule has 0 saturated carbocycles. The molecular formula is C10H8N6O. The van der Waals surface area contributed by atoms with Crippen molar-refractivity contribution in [3.8, 4) is 11.9 Å². The molecule has 2 aromatic rings. The van der Waals surface area contributed by atoms with Gasteiger partial charge in [0.1, 0.15) is 11.6 Å². The number of hydrogen-bond donors (Lipinski definition) is 1. The molecule has 2 rings (SSSR count). The summed E-state index contributed by atoms with van der Waals surface area (Å²) in [5.74, 6) is -0.00342. The van der Waals surface area contributed by atoms with E-state index in [0.29, 0.717) is 11.4 Å². The lowest BCUT2D eigenvalue weighted by atomic mass is 10.3. The Balaban J connectivity index is 2.44. The number of carbonyl (C=O) groups excluding carboxylic acids is 1. The summed E-state index contributed by atoms with van der Waals surface area (Å²) >= 11 is 0. The van der Waals surface area contributed by atoms with Gasteiger partial charge >= 0.3 is 0 Å². The highest BCUT2D eigenvalue weighted by Crippen LogP contribution is 2.08. The summed E-state index contributed by atoms with van der Waals surface area (Å²) < 4.78 is 1.34. The highest BCUT2D eigenvalue weighted by molar-refractivity contribution is 5.91. The fraction of sp³-hybridized carbons (Fsp3) is 0.100. The van der Waals surface area contributed by atoms with E-state index in [1.54, 1.807) is 6.20 Å². The van der Waals surface area contributed by atoms with Gasteiger partial charge in [-0.05, 0) is 12.1 Å².